The van der Waals surface area contributed by atoms with Crippen LogP contribution in [0.2, 0.25) is 0 Å². The highest BCUT2D eigenvalue weighted by Gasteiger charge is 2.29. The molecule has 1 aliphatic rings. The first-order chi connectivity index (χ1) is 10.0. The number of carbonyl (C=O) groups excluding carboxylic acids is 1. The second-order valence-electron chi connectivity index (χ2n) is 6.15. The van der Waals surface area contributed by atoms with Crippen LogP contribution >= 0.6 is 0 Å². The van der Waals surface area contributed by atoms with E-state index in [1.807, 2.05) is 0 Å². The number of carbonyl (C=O) groups is 1. The van der Waals surface area contributed by atoms with Crippen LogP contribution in [-0.2, 0) is 11.3 Å². The molecule has 2 atom stereocenters. The molecule has 0 spiro atoms. The smallest absolute Gasteiger partial charge is 0.223 e. The van der Waals surface area contributed by atoms with Gasteiger partial charge in [0.05, 0.1) is 0 Å². The number of nitrogens with one attached hydrogen (secondary N) is 1. The molecule has 1 fully saturated rings. The van der Waals surface area contributed by atoms with Crippen molar-refractivity contribution in [2.45, 2.75) is 46.1 Å². The average molecular weight is 292 g/mol. The molecule has 1 aromatic carbocycles. The van der Waals surface area contributed by atoms with Crippen LogP contribution in [0.1, 0.15) is 42.4 Å². The van der Waals surface area contributed by atoms with Crippen LogP contribution in [0, 0.1) is 31.5 Å². The molecule has 1 aliphatic carbocycles. The minimum Gasteiger partial charge on any atom is -0.352 e. The number of hydrogen-bond acceptors (Lipinski definition) is 2. The largest absolute Gasteiger partial charge is 0.352 e. The molecule has 3 nitrogen and oxygen atoms in total. The van der Waals surface area contributed by atoms with E-state index in [4.69, 9.17) is 5.73 Å². The number of hydrogen-bond donors (Lipinski definition) is 2. The maximum atomic E-state index is 13.6. The molecule has 2 unspecified atom stereocenters. The van der Waals surface area contributed by atoms with E-state index in [0.717, 1.165) is 24.8 Å². The first-order valence-electron chi connectivity index (χ1n) is 7.76. The third-order valence-corrected chi connectivity index (χ3v) is 4.51. The van der Waals surface area contributed by atoms with E-state index < -0.39 is 0 Å². The van der Waals surface area contributed by atoms with Crippen LogP contribution in [0.15, 0.2) is 12.1 Å². The average Bonchev–Trinajstić information content (AvgIpc) is 2.50. The van der Waals surface area contributed by atoms with E-state index in [0.29, 0.717) is 30.1 Å². The zero-order valence-corrected chi connectivity index (χ0v) is 12.9. The summed E-state index contributed by atoms with van der Waals surface area (Å²) in [4.78, 5) is 12.3. The predicted octanol–water partition coefficient (Wildman–Crippen LogP) is 2.82. The number of rotatable bonds is 4. The molecule has 21 heavy (non-hydrogen) atoms. The summed E-state index contributed by atoms with van der Waals surface area (Å²) in [5, 5.41) is 2.99. The highest BCUT2D eigenvalue weighted by Crippen LogP contribution is 2.29. The SMILES string of the molecule is Cc1cc(CNC(=O)C2CCCCC2CN)cc(C)c1F. The summed E-state index contributed by atoms with van der Waals surface area (Å²) in [6, 6.07) is 3.59. The predicted molar refractivity (Wildman–Crippen MR) is 82.2 cm³/mol. The highest BCUT2D eigenvalue weighted by molar-refractivity contribution is 5.79. The van der Waals surface area contributed by atoms with E-state index in [-0.39, 0.29) is 17.6 Å². The van der Waals surface area contributed by atoms with Gasteiger partial charge in [-0.15, -0.1) is 0 Å². The van der Waals surface area contributed by atoms with Gasteiger partial charge in [0.2, 0.25) is 5.91 Å². The van der Waals surface area contributed by atoms with Crippen molar-refractivity contribution in [2.24, 2.45) is 17.6 Å². The van der Waals surface area contributed by atoms with Gasteiger partial charge in [0, 0.05) is 12.5 Å². The van der Waals surface area contributed by atoms with Crippen molar-refractivity contribution in [3.63, 3.8) is 0 Å². The number of aryl methyl sites for hydroxylation is 2. The Morgan fingerprint density at radius 2 is 1.90 bits per heavy atom. The summed E-state index contributed by atoms with van der Waals surface area (Å²) >= 11 is 0. The molecular formula is C17H25FN2O. The molecule has 1 saturated carbocycles. The van der Waals surface area contributed by atoms with Crippen LogP contribution < -0.4 is 11.1 Å². The Morgan fingerprint density at radius 3 is 2.52 bits per heavy atom. The van der Waals surface area contributed by atoms with Gasteiger partial charge in [-0.2, -0.15) is 0 Å². The molecule has 116 valence electrons. The molecule has 0 aromatic heterocycles. The van der Waals surface area contributed by atoms with Gasteiger partial charge < -0.3 is 11.1 Å². The standard InChI is InChI=1S/C17H25FN2O/c1-11-7-13(8-12(2)16(11)18)10-20-17(21)15-6-4-3-5-14(15)9-19/h7-8,14-15H,3-6,9-10,19H2,1-2H3,(H,20,21). The Kier molecular flexibility index (Phi) is 5.34. The molecule has 3 N–H and O–H groups in total. The van der Waals surface area contributed by atoms with Crippen molar-refractivity contribution in [3.05, 3.63) is 34.6 Å². The zero-order valence-electron chi connectivity index (χ0n) is 12.9. The molecule has 0 bridgehead atoms. The topological polar surface area (TPSA) is 55.1 Å². The van der Waals surface area contributed by atoms with E-state index >= 15 is 0 Å². The Bertz CT molecular complexity index is 493. The molecule has 0 saturated heterocycles. The second kappa shape index (κ2) is 7.03. The Balaban J connectivity index is 1.97. The van der Waals surface area contributed by atoms with E-state index in [2.05, 4.69) is 5.32 Å². The van der Waals surface area contributed by atoms with Gasteiger partial charge >= 0.3 is 0 Å². The molecule has 4 heteroatoms. The Labute approximate surface area is 126 Å². The molecule has 0 radical (unpaired) electrons. The summed E-state index contributed by atoms with van der Waals surface area (Å²) in [6.07, 6.45) is 4.24. The van der Waals surface area contributed by atoms with Gasteiger partial charge in [0.1, 0.15) is 5.82 Å². The van der Waals surface area contributed by atoms with Gasteiger partial charge in [-0.3, -0.25) is 4.79 Å². The molecule has 0 heterocycles. The van der Waals surface area contributed by atoms with Crippen LogP contribution in [0.25, 0.3) is 0 Å². The number of benzene rings is 1. The van der Waals surface area contributed by atoms with E-state index in [9.17, 15) is 9.18 Å². The minimum atomic E-state index is -0.166. The van der Waals surface area contributed by atoms with Crippen molar-refractivity contribution < 1.29 is 9.18 Å². The monoisotopic (exact) mass is 292 g/mol. The van der Waals surface area contributed by atoms with Gasteiger partial charge in [-0.25, -0.2) is 4.39 Å². The second-order valence-corrected chi connectivity index (χ2v) is 6.15. The van der Waals surface area contributed by atoms with Gasteiger partial charge in [-0.05, 0) is 55.8 Å². The lowest BCUT2D eigenvalue weighted by Crippen LogP contribution is -2.39. The van der Waals surface area contributed by atoms with Crippen molar-refractivity contribution in [2.75, 3.05) is 6.54 Å². The van der Waals surface area contributed by atoms with Crippen LogP contribution in [0.4, 0.5) is 4.39 Å². The zero-order chi connectivity index (χ0) is 15.4. The fraction of sp³-hybridized carbons (Fsp3) is 0.588. The van der Waals surface area contributed by atoms with Crippen molar-refractivity contribution >= 4 is 5.91 Å². The summed E-state index contributed by atoms with van der Waals surface area (Å²) in [5.74, 6) is 0.257. The summed E-state index contributed by atoms with van der Waals surface area (Å²) < 4.78 is 13.6. The van der Waals surface area contributed by atoms with E-state index in [1.54, 1.807) is 26.0 Å². The first-order valence-corrected chi connectivity index (χ1v) is 7.76. The van der Waals surface area contributed by atoms with Crippen LogP contribution in [-0.4, -0.2) is 12.5 Å². The third-order valence-electron chi connectivity index (χ3n) is 4.51. The minimum absolute atomic E-state index is 0.0337. The Morgan fingerprint density at radius 1 is 1.29 bits per heavy atom. The number of nitrogens with two attached hydrogens (primary N) is 1. The van der Waals surface area contributed by atoms with Gasteiger partial charge in [-0.1, -0.05) is 25.0 Å². The van der Waals surface area contributed by atoms with Crippen LogP contribution in [0.3, 0.4) is 0 Å². The molecule has 0 aliphatic heterocycles. The first kappa shape index (κ1) is 16.0. The third kappa shape index (κ3) is 3.82. The van der Waals surface area contributed by atoms with Crippen molar-refractivity contribution in [1.82, 2.24) is 5.32 Å². The summed E-state index contributed by atoms with van der Waals surface area (Å²) in [6.45, 7) is 4.53. The Hall–Kier alpha value is -1.42. The van der Waals surface area contributed by atoms with Crippen molar-refractivity contribution in [3.8, 4) is 0 Å². The van der Waals surface area contributed by atoms with Gasteiger partial charge in [0.15, 0.2) is 0 Å². The fourth-order valence-electron chi connectivity index (χ4n) is 3.29. The molecule has 1 amide bonds. The quantitative estimate of drug-likeness (QED) is 0.896. The highest BCUT2D eigenvalue weighted by atomic mass is 19.1. The molecular weight excluding hydrogens is 267 g/mol. The maximum absolute atomic E-state index is 13.6. The summed E-state index contributed by atoms with van der Waals surface area (Å²) in [5.41, 5.74) is 7.96. The lowest BCUT2D eigenvalue weighted by atomic mass is 9.79. The van der Waals surface area contributed by atoms with Crippen molar-refractivity contribution in [1.29, 1.82) is 0 Å². The lowest BCUT2D eigenvalue weighted by molar-refractivity contribution is -0.127. The number of halogens is 1. The molecule has 2 rings (SSSR count). The maximum Gasteiger partial charge on any atom is 0.223 e. The van der Waals surface area contributed by atoms with Gasteiger partial charge in [0.25, 0.3) is 0 Å². The van der Waals surface area contributed by atoms with Crippen LogP contribution in [0.5, 0.6) is 0 Å². The fourth-order valence-corrected chi connectivity index (χ4v) is 3.29. The summed E-state index contributed by atoms with van der Waals surface area (Å²) in [7, 11) is 0. The van der Waals surface area contributed by atoms with E-state index in [1.165, 1.54) is 6.42 Å². The lowest BCUT2D eigenvalue weighted by Gasteiger charge is -2.29. The number of amides is 1. The normalized spacial score (nSPS) is 22.1. The molecule has 1 aromatic rings.